The number of anilines is 1. The number of carbonyl (C=O) groups excluding carboxylic acids is 2. The molecule has 4 aromatic carbocycles. The second-order valence-corrected chi connectivity index (χ2v) is 8.56. The van der Waals surface area contributed by atoms with Crippen LogP contribution >= 0.6 is 0 Å². The number of carbonyl (C=O) groups is 2. The average molecular weight is 495 g/mol. The Kier molecular flexibility index (Phi) is 8.55. The van der Waals surface area contributed by atoms with E-state index < -0.39 is 6.04 Å². The zero-order chi connectivity index (χ0) is 26.0. The highest BCUT2D eigenvalue weighted by atomic mass is 16.5. The van der Waals surface area contributed by atoms with Gasteiger partial charge in [0.25, 0.3) is 5.91 Å². The minimum Gasteiger partial charge on any atom is -0.497 e. The molecule has 6 nitrogen and oxygen atoms in total. The summed E-state index contributed by atoms with van der Waals surface area (Å²) in [6, 6.07) is 32.7. The number of benzene rings is 4. The first-order valence-electron chi connectivity index (χ1n) is 12.0. The number of amides is 2. The molecule has 188 valence electrons. The van der Waals surface area contributed by atoms with Gasteiger partial charge < -0.3 is 19.7 Å². The SMILES string of the molecule is COc1ccc(NC(=O)C(c2ccc(OC)cc2)N(Cc2ccccc2)C(=O)Cc2ccccc2)cc1. The van der Waals surface area contributed by atoms with Crippen LogP contribution in [0.15, 0.2) is 109 Å². The van der Waals surface area contributed by atoms with Gasteiger partial charge in [-0.05, 0) is 53.1 Å². The Balaban J connectivity index is 1.72. The molecule has 0 aliphatic rings. The van der Waals surface area contributed by atoms with Gasteiger partial charge in [0.05, 0.1) is 20.6 Å². The Bertz CT molecular complexity index is 1290. The number of rotatable bonds is 10. The van der Waals surface area contributed by atoms with Crippen molar-refractivity contribution >= 4 is 17.5 Å². The lowest BCUT2D eigenvalue weighted by molar-refractivity contribution is -0.139. The normalized spacial score (nSPS) is 11.3. The molecule has 4 aromatic rings. The third kappa shape index (κ3) is 6.76. The Morgan fingerprint density at radius 2 is 1.22 bits per heavy atom. The molecule has 0 bridgehead atoms. The fourth-order valence-corrected chi connectivity index (χ4v) is 4.12. The van der Waals surface area contributed by atoms with Gasteiger partial charge >= 0.3 is 0 Å². The van der Waals surface area contributed by atoms with E-state index in [0.29, 0.717) is 22.7 Å². The summed E-state index contributed by atoms with van der Waals surface area (Å²) in [5.74, 6) is 0.894. The summed E-state index contributed by atoms with van der Waals surface area (Å²) < 4.78 is 10.5. The Morgan fingerprint density at radius 1 is 0.703 bits per heavy atom. The van der Waals surface area contributed by atoms with Gasteiger partial charge in [-0.1, -0.05) is 72.8 Å². The molecule has 1 atom stereocenters. The molecule has 0 saturated heterocycles. The maximum atomic E-state index is 13.8. The molecule has 2 amide bonds. The summed E-state index contributed by atoms with van der Waals surface area (Å²) in [5.41, 5.74) is 3.11. The lowest BCUT2D eigenvalue weighted by Gasteiger charge is -2.32. The molecule has 0 aromatic heterocycles. The molecule has 0 aliphatic heterocycles. The standard InChI is InChI=1S/C31H30N2O4/c1-36-27-17-13-25(14-18-27)30(31(35)32-26-15-19-28(37-2)20-16-26)33(22-24-11-7-4-8-12-24)29(34)21-23-9-5-3-6-10-23/h3-20,30H,21-22H2,1-2H3,(H,32,35). The lowest BCUT2D eigenvalue weighted by atomic mass is 10.0. The summed E-state index contributed by atoms with van der Waals surface area (Å²) in [6.07, 6.45) is 0.177. The smallest absolute Gasteiger partial charge is 0.251 e. The molecule has 1 N–H and O–H groups in total. The van der Waals surface area contributed by atoms with E-state index in [1.807, 2.05) is 72.8 Å². The highest BCUT2D eigenvalue weighted by Crippen LogP contribution is 2.28. The predicted molar refractivity (Wildman–Crippen MR) is 144 cm³/mol. The molecule has 0 heterocycles. The molecule has 0 spiro atoms. The zero-order valence-corrected chi connectivity index (χ0v) is 21.0. The number of nitrogens with zero attached hydrogens (tertiary/aromatic N) is 1. The summed E-state index contributed by atoms with van der Waals surface area (Å²) in [4.78, 5) is 29.3. The van der Waals surface area contributed by atoms with Crippen molar-refractivity contribution in [1.29, 1.82) is 0 Å². The molecular weight excluding hydrogens is 464 g/mol. The average Bonchev–Trinajstić information content (AvgIpc) is 2.94. The third-order valence-electron chi connectivity index (χ3n) is 6.06. The van der Waals surface area contributed by atoms with Gasteiger partial charge in [-0.25, -0.2) is 0 Å². The van der Waals surface area contributed by atoms with Crippen LogP contribution in [0.4, 0.5) is 5.69 Å². The fourth-order valence-electron chi connectivity index (χ4n) is 4.12. The highest BCUT2D eigenvalue weighted by molar-refractivity contribution is 5.98. The van der Waals surface area contributed by atoms with Crippen molar-refractivity contribution in [3.8, 4) is 11.5 Å². The van der Waals surface area contributed by atoms with Crippen LogP contribution < -0.4 is 14.8 Å². The summed E-state index contributed by atoms with van der Waals surface area (Å²) in [5, 5.41) is 2.99. The minimum absolute atomic E-state index is 0.152. The van der Waals surface area contributed by atoms with Gasteiger partial charge in [-0.2, -0.15) is 0 Å². The predicted octanol–water partition coefficient (Wildman–Crippen LogP) is 5.66. The zero-order valence-electron chi connectivity index (χ0n) is 21.0. The van der Waals surface area contributed by atoms with Gasteiger partial charge in [0.2, 0.25) is 5.91 Å². The molecule has 0 aliphatic carbocycles. The van der Waals surface area contributed by atoms with Crippen LogP contribution in [0.3, 0.4) is 0 Å². The minimum atomic E-state index is -0.871. The molecule has 6 heteroatoms. The largest absolute Gasteiger partial charge is 0.497 e. The van der Waals surface area contributed by atoms with Crippen molar-refractivity contribution in [2.24, 2.45) is 0 Å². The topological polar surface area (TPSA) is 67.9 Å². The fraction of sp³-hybridized carbons (Fsp3) is 0.161. The van der Waals surface area contributed by atoms with Crippen LogP contribution in [-0.4, -0.2) is 30.9 Å². The van der Waals surface area contributed by atoms with Crippen molar-refractivity contribution in [2.45, 2.75) is 19.0 Å². The Labute approximate surface area is 217 Å². The summed E-state index contributed by atoms with van der Waals surface area (Å²) >= 11 is 0. The van der Waals surface area contributed by atoms with Crippen molar-refractivity contribution in [2.75, 3.05) is 19.5 Å². The van der Waals surface area contributed by atoms with E-state index in [1.165, 1.54) is 0 Å². The number of hydrogen-bond acceptors (Lipinski definition) is 4. The molecule has 37 heavy (non-hydrogen) atoms. The van der Waals surface area contributed by atoms with Crippen molar-refractivity contribution in [1.82, 2.24) is 4.90 Å². The summed E-state index contributed by atoms with van der Waals surface area (Å²) in [6.45, 7) is 0.277. The van der Waals surface area contributed by atoms with Crippen molar-refractivity contribution in [3.63, 3.8) is 0 Å². The number of hydrogen-bond donors (Lipinski definition) is 1. The van der Waals surface area contributed by atoms with E-state index in [2.05, 4.69) is 5.32 Å². The molecular formula is C31H30N2O4. The third-order valence-corrected chi connectivity index (χ3v) is 6.06. The first-order valence-corrected chi connectivity index (χ1v) is 12.0. The maximum Gasteiger partial charge on any atom is 0.251 e. The molecule has 1 unspecified atom stereocenters. The number of ether oxygens (including phenoxy) is 2. The molecule has 4 rings (SSSR count). The lowest BCUT2D eigenvalue weighted by Crippen LogP contribution is -2.41. The first-order chi connectivity index (χ1) is 18.1. The van der Waals surface area contributed by atoms with E-state index in [-0.39, 0.29) is 24.8 Å². The summed E-state index contributed by atoms with van der Waals surface area (Å²) in [7, 11) is 3.18. The van der Waals surface area contributed by atoms with Crippen LogP contribution in [0, 0.1) is 0 Å². The Morgan fingerprint density at radius 3 is 1.76 bits per heavy atom. The van der Waals surface area contributed by atoms with Crippen molar-refractivity contribution < 1.29 is 19.1 Å². The van der Waals surface area contributed by atoms with Crippen LogP contribution in [-0.2, 0) is 22.6 Å². The first kappa shape index (κ1) is 25.5. The number of methoxy groups -OCH3 is 2. The quantitative estimate of drug-likeness (QED) is 0.309. The highest BCUT2D eigenvalue weighted by Gasteiger charge is 2.32. The molecule has 0 saturated carbocycles. The molecule has 0 fully saturated rings. The van der Waals surface area contributed by atoms with Crippen LogP contribution in [0.5, 0.6) is 11.5 Å². The van der Waals surface area contributed by atoms with E-state index >= 15 is 0 Å². The number of nitrogens with one attached hydrogen (secondary N) is 1. The van der Waals surface area contributed by atoms with Gasteiger partial charge in [0.1, 0.15) is 17.5 Å². The second kappa shape index (κ2) is 12.4. The van der Waals surface area contributed by atoms with Gasteiger partial charge in [0.15, 0.2) is 0 Å². The van der Waals surface area contributed by atoms with E-state index in [0.717, 1.165) is 11.1 Å². The molecule has 0 radical (unpaired) electrons. The second-order valence-electron chi connectivity index (χ2n) is 8.56. The van der Waals surface area contributed by atoms with Gasteiger partial charge in [0, 0.05) is 12.2 Å². The van der Waals surface area contributed by atoms with Crippen LogP contribution in [0.25, 0.3) is 0 Å². The van der Waals surface area contributed by atoms with E-state index in [4.69, 9.17) is 9.47 Å². The van der Waals surface area contributed by atoms with E-state index in [9.17, 15) is 9.59 Å². The van der Waals surface area contributed by atoms with E-state index in [1.54, 1.807) is 55.5 Å². The maximum absolute atomic E-state index is 13.8. The Hall–Kier alpha value is -4.58. The van der Waals surface area contributed by atoms with Gasteiger partial charge in [-0.3, -0.25) is 9.59 Å². The van der Waals surface area contributed by atoms with Crippen LogP contribution in [0.2, 0.25) is 0 Å². The van der Waals surface area contributed by atoms with Crippen molar-refractivity contribution in [3.05, 3.63) is 126 Å². The monoisotopic (exact) mass is 494 g/mol. The van der Waals surface area contributed by atoms with Crippen LogP contribution in [0.1, 0.15) is 22.7 Å². The van der Waals surface area contributed by atoms with Gasteiger partial charge in [-0.15, -0.1) is 0 Å².